The van der Waals surface area contributed by atoms with Crippen molar-refractivity contribution in [2.45, 2.75) is 32.4 Å². The molecule has 4 heteroatoms. The largest absolute Gasteiger partial charge is 0.491 e. The van der Waals surface area contributed by atoms with E-state index in [4.69, 9.17) is 10.5 Å². The van der Waals surface area contributed by atoms with E-state index in [0.717, 1.165) is 18.2 Å². The summed E-state index contributed by atoms with van der Waals surface area (Å²) in [4.78, 5) is 2.49. The number of aliphatic hydroxyl groups is 1. The third-order valence-electron chi connectivity index (χ3n) is 3.90. The molecule has 0 bridgehead atoms. The average molecular weight is 278 g/mol. The highest BCUT2D eigenvalue weighted by Crippen LogP contribution is 2.20. The predicted octanol–water partition coefficient (Wildman–Crippen LogP) is 1.62. The molecule has 1 fully saturated rings. The van der Waals surface area contributed by atoms with Crippen LogP contribution >= 0.6 is 0 Å². The van der Waals surface area contributed by atoms with Crippen molar-refractivity contribution >= 4 is 0 Å². The van der Waals surface area contributed by atoms with Crippen LogP contribution in [-0.4, -0.2) is 42.4 Å². The van der Waals surface area contributed by atoms with Gasteiger partial charge in [-0.1, -0.05) is 19.1 Å². The van der Waals surface area contributed by atoms with Gasteiger partial charge in [-0.15, -0.1) is 0 Å². The Labute approximate surface area is 121 Å². The Morgan fingerprint density at radius 1 is 1.40 bits per heavy atom. The standard InChI is InChI=1S/C16H26N2O2/c1-13-5-7-18(8-6-13)11-14-3-2-4-16(9-14)20-12-15(19)10-17/h2-4,9,13,15,19H,5-8,10-12,17H2,1H3. The molecule has 1 unspecified atom stereocenters. The Bertz CT molecular complexity index is 403. The lowest BCUT2D eigenvalue weighted by Crippen LogP contribution is -2.32. The average Bonchev–Trinajstić information content (AvgIpc) is 2.47. The fourth-order valence-electron chi connectivity index (χ4n) is 2.47. The number of hydrogen-bond donors (Lipinski definition) is 2. The van der Waals surface area contributed by atoms with Gasteiger partial charge in [0.05, 0.1) is 0 Å². The number of aliphatic hydroxyl groups excluding tert-OH is 1. The molecule has 4 nitrogen and oxygen atoms in total. The molecule has 0 aliphatic carbocycles. The second-order valence-electron chi connectivity index (χ2n) is 5.81. The van der Waals surface area contributed by atoms with Crippen molar-refractivity contribution in [3.63, 3.8) is 0 Å². The fraction of sp³-hybridized carbons (Fsp3) is 0.625. The first-order valence-electron chi connectivity index (χ1n) is 7.49. The molecule has 0 amide bonds. The fourth-order valence-corrected chi connectivity index (χ4v) is 2.47. The van der Waals surface area contributed by atoms with Crippen LogP contribution in [0.2, 0.25) is 0 Å². The van der Waals surface area contributed by atoms with Crippen molar-refractivity contribution in [2.75, 3.05) is 26.2 Å². The van der Waals surface area contributed by atoms with E-state index in [1.807, 2.05) is 12.1 Å². The van der Waals surface area contributed by atoms with Crippen LogP contribution in [0, 0.1) is 5.92 Å². The molecule has 1 saturated heterocycles. The number of hydrogen-bond acceptors (Lipinski definition) is 4. The van der Waals surface area contributed by atoms with E-state index in [0.29, 0.717) is 0 Å². The van der Waals surface area contributed by atoms with E-state index >= 15 is 0 Å². The predicted molar refractivity (Wildman–Crippen MR) is 80.7 cm³/mol. The smallest absolute Gasteiger partial charge is 0.119 e. The van der Waals surface area contributed by atoms with E-state index in [1.165, 1.54) is 31.5 Å². The third kappa shape index (κ3) is 4.78. The maximum atomic E-state index is 9.42. The van der Waals surface area contributed by atoms with Gasteiger partial charge >= 0.3 is 0 Å². The summed E-state index contributed by atoms with van der Waals surface area (Å²) in [5.74, 6) is 1.67. The molecule has 20 heavy (non-hydrogen) atoms. The summed E-state index contributed by atoms with van der Waals surface area (Å²) in [6, 6.07) is 8.11. The molecule has 1 atom stereocenters. The monoisotopic (exact) mass is 278 g/mol. The molecule has 0 aromatic heterocycles. The zero-order valence-electron chi connectivity index (χ0n) is 12.3. The van der Waals surface area contributed by atoms with Crippen LogP contribution in [0.3, 0.4) is 0 Å². The lowest BCUT2D eigenvalue weighted by Gasteiger charge is -2.30. The van der Waals surface area contributed by atoms with Crippen LogP contribution in [0.15, 0.2) is 24.3 Å². The van der Waals surface area contributed by atoms with Gasteiger partial charge in [-0.3, -0.25) is 4.90 Å². The quantitative estimate of drug-likeness (QED) is 0.830. The second-order valence-corrected chi connectivity index (χ2v) is 5.81. The zero-order chi connectivity index (χ0) is 14.4. The maximum absolute atomic E-state index is 9.42. The van der Waals surface area contributed by atoms with Crippen molar-refractivity contribution < 1.29 is 9.84 Å². The number of ether oxygens (including phenoxy) is 1. The molecule has 3 N–H and O–H groups in total. The van der Waals surface area contributed by atoms with E-state index in [9.17, 15) is 5.11 Å². The van der Waals surface area contributed by atoms with E-state index in [1.54, 1.807) is 0 Å². The summed E-state index contributed by atoms with van der Waals surface area (Å²) < 4.78 is 5.56. The third-order valence-corrected chi connectivity index (χ3v) is 3.90. The first-order valence-corrected chi connectivity index (χ1v) is 7.49. The highest BCUT2D eigenvalue weighted by molar-refractivity contribution is 5.28. The van der Waals surface area contributed by atoms with Gasteiger partial charge in [0.25, 0.3) is 0 Å². The van der Waals surface area contributed by atoms with Gasteiger partial charge in [-0.05, 0) is 49.5 Å². The molecule has 1 aromatic carbocycles. The molecule has 1 aliphatic heterocycles. The number of likely N-dealkylation sites (tertiary alicyclic amines) is 1. The molecule has 1 aliphatic rings. The summed E-state index contributed by atoms with van der Waals surface area (Å²) in [7, 11) is 0. The minimum atomic E-state index is -0.595. The van der Waals surface area contributed by atoms with Gasteiger partial charge in [0.1, 0.15) is 18.5 Å². The first-order chi connectivity index (χ1) is 9.67. The van der Waals surface area contributed by atoms with Crippen LogP contribution in [0.1, 0.15) is 25.3 Å². The van der Waals surface area contributed by atoms with Gasteiger partial charge < -0.3 is 15.6 Å². The Hall–Kier alpha value is -1.10. The van der Waals surface area contributed by atoms with Crippen molar-refractivity contribution in [2.24, 2.45) is 11.7 Å². The van der Waals surface area contributed by atoms with Crippen molar-refractivity contribution in [3.8, 4) is 5.75 Å². The molecule has 2 rings (SSSR count). The summed E-state index contributed by atoms with van der Waals surface area (Å²) in [6.45, 7) is 6.14. The van der Waals surface area contributed by atoms with Crippen molar-refractivity contribution in [3.05, 3.63) is 29.8 Å². The maximum Gasteiger partial charge on any atom is 0.119 e. The summed E-state index contributed by atoms with van der Waals surface area (Å²) in [5, 5.41) is 9.42. The van der Waals surface area contributed by atoms with Crippen molar-refractivity contribution in [1.82, 2.24) is 4.90 Å². The van der Waals surface area contributed by atoms with Gasteiger partial charge in [-0.2, -0.15) is 0 Å². The Morgan fingerprint density at radius 2 is 2.15 bits per heavy atom. The summed E-state index contributed by atoms with van der Waals surface area (Å²) >= 11 is 0. The summed E-state index contributed by atoms with van der Waals surface area (Å²) in [5.41, 5.74) is 6.63. The highest BCUT2D eigenvalue weighted by atomic mass is 16.5. The van der Waals surface area contributed by atoms with Crippen LogP contribution in [-0.2, 0) is 6.54 Å². The molecule has 112 valence electrons. The number of benzene rings is 1. The van der Waals surface area contributed by atoms with Crippen molar-refractivity contribution in [1.29, 1.82) is 0 Å². The second kappa shape index (κ2) is 7.62. The molecular weight excluding hydrogens is 252 g/mol. The Morgan fingerprint density at radius 3 is 2.85 bits per heavy atom. The number of nitrogens with two attached hydrogens (primary N) is 1. The molecule has 0 saturated carbocycles. The molecule has 0 spiro atoms. The minimum absolute atomic E-state index is 0.228. The molecule has 0 radical (unpaired) electrons. The molecule has 1 aromatic rings. The Kier molecular flexibility index (Phi) is 5.83. The summed E-state index contributed by atoms with van der Waals surface area (Å²) in [6.07, 6.45) is 1.99. The van der Waals surface area contributed by atoms with Crippen LogP contribution in [0.4, 0.5) is 0 Å². The highest BCUT2D eigenvalue weighted by Gasteiger charge is 2.15. The van der Waals surface area contributed by atoms with Crippen LogP contribution < -0.4 is 10.5 Å². The first kappa shape index (κ1) is 15.3. The van der Waals surface area contributed by atoms with Gasteiger partial charge in [0, 0.05) is 13.1 Å². The van der Waals surface area contributed by atoms with Gasteiger partial charge in [-0.25, -0.2) is 0 Å². The molecular formula is C16H26N2O2. The van der Waals surface area contributed by atoms with Gasteiger partial charge in [0.2, 0.25) is 0 Å². The van der Waals surface area contributed by atoms with E-state index in [-0.39, 0.29) is 13.2 Å². The van der Waals surface area contributed by atoms with E-state index in [2.05, 4.69) is 24.0 Å². The minimum Gasteiger partial charge on any atom is -0.491 e. The lowest BCUT2D eigenvalue weighted by atomic mass is 9.99. The number of rotatable bonds is 6. The van der Waals surface area contributed by atoms with Gasteiger partial charge in [0.15, 0.2) is 0 Å². The van der Waals surface area contributed by atoms with Crippen LogP contribution in [0.5, 0.6) is 5.75 Å². The number of nitrogens with zero attached hydrogens (tertiary/aromatic N) is 1. The topological polar surface area (TPSA) is 58.7 Å². The lowest BCUT2D eigenvalue weighted by molar-refractivity contribution is 0.114. The van der Waals surface area contributed by atoms with E-state index < -0.39 is 6.10 Å². The Balaban J connectivity index is 1.86. The SMILES string of the molecule is CC1CCN(Cc2cccc(OCC(O)CN)c2)CC1. The number of piperidine rings is 1. The molecule has 1 heterocycles. The van der Waals surface area contributed by atoms with Crippen LogP contribution in [0.25, 0.3) is 0 Å². The zero-order valence-corrected chi connectivity index (χ0v) is 12.3. The normalized spacial score (nSPS) is 18.9.